The van der Waals surface area contributed by atoms with E-state index in [9.17, 15) is 23.3 Å². The summed E-state index contributed by atoms with van der Waals surface area (Å²) in [6.45, 7) is 1.85. The van der Waals surface area contributed by atoms with Gasteiger partial charge in [0.2, 0.25) is 9.84 Å². The van der Waals surface area contributed by atoms with Crippen LogP contribution < -0.4 is 15.8 Å². The van der Waals surface area contributed by atoms with E-state index in [0.717, 1.165) is 32.0 Å². The fourth-order valence-corrected chi connectivity index (χ4v) is 6.69. The maximum absolute atomic E-state index is 13.9. The highest BCUT2D eigenvalue weighted by Crippen LogP contribution is 2.38. The van der Waals surface area contributed by atoms with Crippen molar-refractivity contribution in [3.63, 3.8) is 0 Å². The van der Waals surface area contributed by atoms with E-state index in [4.69, 9.17) is 10.5 Å². The van der Waals surface area contributed by atoms with Crippen molar-refractivity contribution >= 4 is 38.2 Å². The third kappa shape index (κ3) is 5.33. The number of sulfone groups is 1. The van der Waals surface area contributed by atoms with Crippen LogP contribution in [0.1, 0.15) is 36.0 Å². The van der Waals surface area contributed by atoms with Gasteiger partial charge in [-0.15, -0.1) is 0 Å². The van der Waals surface area contributed by atoms with Gasteiger partial charge in [0.25, 0.3) is 11.6 Å². The summed E-state index contributed by atoms with van der Waals surface area (Å²) in [7, 11) is -4.39. The zero-order valence-corrected chi connectivity index (χ0v) is 22.8. The Kier molecular flexibility index (Phi) is 6.83. The van der Waals surface area contributed by atoms with E-state index in [-0.39, 0.29) is 44.3 Å². The number of aromatic nitrogens is 2. The summed E-state index contributed by atoms with van der Waals surface area (Å²) in [4.78, 5) is 32.7. The van der Waals surface area contributed by atoms with Crippen LogP contribution in [-0.2, 0) is 9.84 Å². The first-order valence-corrected chi connectivity index (χ1v) is 14.8. The minimum atomic E-state index is -4.39. The highest BCUT2D eigenvalue weighted by Gasteiger charge is 2.33. The number of amides is 1. The molecule has 6 rings (SSSR count). The lowest BCUT2D eigenvalue weighted by Crippen LogP contribution is -2.40. The normalized spacial score (nSPS) is 16.5. The van der Waals surface area contributed by atoms with Crippen molar-refractivity contribution < 1.29 is 22.9 Å². The van der Waals surface area contributed by atoms with E-state index in [1.807, 2.05) is 0 Å². The molecule has 0 radical (unpaired) electrons. The number of H-pyrrole nitrogens is 1. The van der Waals surface area contributed by atoms with Crippen LogP contribution in [0.5, 0.6) is 11.5 Å². The topological polar surface area (TPSA) is 174 Å². The van der Waals surface area contributed by atoms with E-state index in [0.29, 0.717) is 17.1 Å². The van der Waals surface area contributed by atoms with Crippen molar-refractivity contribution in [3.05, 3.63) is 76.6 Å². The molecule has 0 bridgehead atoms. The van der Waals surface area contributed by atoms with Gasteiger partial charge in [0.05, 0.1) is 21.6 Å². The Morgan fingerprint density at radius 2 is 1.90 bits per heavy atom. The van der Waals surface area contributed by atoms with Crippen LogP contribution in [0, 0.1) is 10.1 Å². The molecule has 1 aliphatic heterocycles. The number of para-hydroxylation sites is 1. The molecule has 2 aromatic heterocycles. The first-order chi connectivity index (χ1) is 19.7. The zero-order valence-electron chi connectivity index (χ0n) is 21.9. The first kappa shape index (κ1) is 26.7. The Hall–Kier alpha value is -4.49. The molecular formula is C28H28N6O6S. The van der Waals surface area contributed by atoms with Crippen LogP contribution >= 0.6 is 0 Å². The van der Waals surface area contributed by atoms with E-state index >= 15 is 0 Å². The van der Waals surface area contributed by atoms with Gasteiger partial charge in [0.15, 0.2) is 5.75 Å². The number of fused-ring (bicyclic) bond motifs is 1. The van der Waals surface area contributed by atoms with Crippen LogP contribution in [0.4, 0.5) is 11.4 Å². The number of carbonyl (C=O) groups is 1. The summed E-state index contributed by atoms with van der Waals surface area (Å²) in [5.41, 5.74) is 5.90. The highest BCUT2D eigenvalue weighted by molar-refractivity contribution is 7.91. The van der Waals surface area contributed by atoms with Crippen LogP contribution in [-0.4, -0.2) is 59.3 Å². The summed E-state index contributed by atoms with van der Waals surface area (Å²) >= 11 is 0. The summed E-state index contributed by atoms with van der Waals surface area (Å²) in [6.07, 6.45) is 7.22. The molecule has 3 heterocycles. The summed E-state index contributed by atoms with van der Waals surface area (Å²) < 4.78 is 33.7. The van der Waals surface area contributed by atoms with Crippen molar-refractivity contribution in [3.8, 4) is 11.5 Å². The van der Waals surface area contributed by atoms with E-state index < -0.39 is 20.7 Å². The SMILES string of the molecule is NC(=O)c1cccc(S(=O)(=O)c2ccc(NC3CCN(C4CC4)CC3)c([N+](=O)[O-])c2)c1Oc1cnc2[nH]ccc2c1. The Labute approximate surface area is 235 Å². The number of carbonyl (C=O) groups excluding carboxylic acids is 1. The summed E-state index contributed by atoms with van der Waals surface area (Å²) in [5.74, 6) is -1.00. The first-order valence-electron chi connectivity index (χ1n) is 13.3. The van der Waals surface area contributed by atoms with Gasteiger partial charge in [-0.3, -0.25) is 14.9 Å². The van der Waals surface area contributed by atoms with Gasteiger partial charge in [-0.1, -0.05) is 6.07 Å². The number of nitrogens with two attached hydrogens (primary N) is 1. The molecule has 1 saturated carbocycles. The molecular weight excluding hydrogens is 548 g/mol. The summed E-state index contributed by atoms with van der Waals surface area (Å²) in [6, 6.07) is 11.9. The second kappa shape index (κ2) is 10.5. The maximum Gasteiger partial charge on any atom is 0.293 e. The number of nitrogens with zero attached hydrogens (tertiary/aromatic N) is 3. The number of aromatic amines is 1. The number of hydrogen-bond acceptors (Lipinski definition) is 9. The number of piperidine rings is 1. The van der Waals surface area contributed by atoms with Crippen LogP contribution in [0.2, 0.25) is 0 Å². The fourth-order valence-electron chi connectivity index (χ4n) is 5.27. The number of anilines is 1. The number of primary amides is 1. The average molecular weight is 577 g/mol. The molecule has 4 N–H and O–H groups in total. The Bertz CT molecular complexity index is 1760. The number of hydrogen-bond donors (Lipinski definition) is 3. The molecule has 4 aromatic rings. The van der Waals surface area contributed by atoms with Gasteiger partial charge < -0.3 is 25.7 Å². The lowest BCUT2D eigenvalue weighted by molar-refractivity contribution is -0.384. The third-order valence-corrected chi connectivity index (χ3v) is 9.33. The number of rotatable bonds is 9. The molecule has 41 heavy (non-hydrogen) atoms. The van der Waals surface area contributed by atoms with Gasteiger partial charge in [0.1, 0.15) is 22.0 Å². The molecule has 2 aromatic carbocycles. The van der Waals surface area contributed by atoms with Gasteiger partial charge in [0, 0.05) is 42.8 Å². The monoisotopic (exact) mass is 576 g/mol. The number of likely N-dealkylation sites (tertiary alicyclic amines) is 1. The molecule has 0 unspecified atom stereocenters. The molecule has 1 aliphatic carbocycles. The molecule has 1 amide bonds. The maximum atomic E-state index is 13.9. The molecule has 2 aliphatic rings. The quantitative estimate of drug-likeness (QED) is 0.195. The van der Waals surface area contributed by atoms with Gasteiger partial charge in [-0.25, -0.2) is 13.4 Å². The van der Waals surface area contributed by atoms with Crippen LogP contribution in [0.25, 0.3) is 11.0 Å². The number of benzene rings is 2. The predicted octanol–water partition coefficient (Wildman–Crippen LogP) is 4.23. The van der Waals surface area contributed by atoms with Crippen molar-refractivity contribution in [1.82, 2.24) is 14.9 Å². The standard InChI is InChI=1S/C28H28N6O6S/c29-27(35)22-2-1-3-25(26(22)40-20-14-17-8-11-30-28(17)31-16-20)41(38,39)21-6-7-23(24(15-21)34(36)37)32-18-9-12-33(13-10-18)19-4-5-19/h1-3,6-8,11,14-16,18-19,32H,4-5,9-10,12-13H2,(H2,29,35)(H,30,31). The van der Waals surface area contributed by atoms with Gasteiger partial charge in [-0.2, -0.15) is 0 Å². The number of pyridine rings is 1. The van der Waals surface area contributed by atoms with Crippen molar-refractivity contribution in [2.24, 2.45) is 5.73 Å². The molecule has 1 saturated heterocycles. The predicted molar refractivity (Wildman–Crippen MR) is 151 cm³/mol. The van der Waals surface area contributed by atoms with Crippen molar-refractivity contribution in [1.29, 1.82) is 0 Å². The van der Waals surface area contributed by atoms with Crippen LogP contribution in [0.15, 0.2) is 70.7 Å². The van der Waals surface area contributed by atoms with E-state index in [1.165, 1.54) is 49.4 Å². The van der Waals surface area contributed by atoms with Gasteiger partial charge in [-0.05, 0) is 62.1 Å². The Morgan fingerprint density at radius 3 is 2.61 bits per heavy atom. The Balaban J connectivity index is 1.33. The smallest absolute Gasteiger partial charge is 0.293 e. The van der Waals surface area contributed by atoms with E-state index in [2.05, 4.69) is 20.2 Å². The highest BCUT2D eigenvalue weighted by atomic mass is 32.2. The van der Waals surface area contributed by atoms with E-state index in [1.54, 1.807) is 18.3 Å². The van der Waals surface area contributed by atoms with Crippen molar-refractivity contribution in [2.75, 3.05) is 18.4 Å². The second-order valence-electron chi connectivity index (χ2n) is 10.3. The molecule has 0 atom stereocenters. The average Bonchev–Trinajstić information content (AvgIpc) is 3.70. The number of nitro benzene ring substituents is 1. The zero-order chi connectivity index (χ0) is 28.7. The molecule has 212 valence electrons. The lowest BCUT2D eigenvalue weighted by atomic mass is 10.0. The number of nitrogens with one attached hydrogen (secondary N) is 2. The fraction of sp³-hybridized carbons (Fsp3) is 0.286. The molecule has 2 fully saturated rings. The second-order valence-corrected chi connectivity index (χ2v) is 12.2. The summed E-state index contributed by atoms with van der Waals surface area (Å²) in [5, 5.41) is 16.0. The minimum absolute atomic E-state index is 0.0457. The van der Waals surface area contributed by atoms with Crippen molar-refractivity contribution in [2.45, 2.75) is 47.6 Å². The molecule has 0 spiro atoms. The largest absolute Gasteiger partial charge is 0.453 e. The Morgan fingerprint density at radius 1 is 1.12 bits per heavy atom. The molecule has 12 nitrogen and oxygen atoms in total. The number of nitro groups is 1. The van der Waals surface area contributed by atoms with Crippen LogP contribution in [0.3, 0.4) is 0 Å². The third-order valence-electron chi connectivity index (χ3n) is 7.56. The molecule has 13 heteroatoms. The lowest BCUT2D eigenvalue weighted by Gasteiger charge is -2.32. The number of ether oxygens (including phenoxy) is 1. The van der Waals surface area contributed by atoms with Gasteiger partial charge >= 0.3 is 0 Å². The minimum Gasteiger partial charge on any atom is -0.453 e.